The van der Waals surface area contributed by atoms with E-state index in [1.54, 1.807) is 12.1 Å². The number of Topliss-reactive ketones (excluding diaryl/α,β-unsaturated/α-hetero) is 1. The average molecular weight is 518 g/mol. The number of hydrogen-bond donors (Lipinski definition) is 1. The molecule has 0 atom stereocenters. The molecule has 1 aromatic carbocycles. The number of anilines is 1. The fourth-order valence-electron chi connectivity index (χ4n) is 4.86. The smallest absolute Gasteiger partial charge is 0.259 e. The highest BCUT2D eigenvalue weighted by Gasteiger charge is 2.43. The van der Waals surface area contributed by atoms with E-state index in [2.05, 4.69) is 26.8 Å². The maximum absolute atomic E-state index is 15.3. The van der Waals surface area contributed by atoms with Crippen molar-refractivity contribution in [3.05, 3.63) is 70.8 Å². The van der Waals surface area contributed by atoms with Crippen molar-refractivity contribution >= 4 is 17.5 Å². The molecule has 0 saturated carbocycles. The van der Waals surface area contributed by atoms with E-state index in [9.17, 15) is 9.59 Å². The number of carbonyl (C=O) groups is 2. The summed E-state index contributed by atoms with van der Waals surface area (Å²) >= 11 is 0. The van der Waals surface area contributed by atoms with Gasteiger partial charge in [-0.25, -0.2) is 23.7 Å². The Morgan fingerprint density at radius 1 is 1.13 bits per heavy atom. The minimum absolute atomic E-state index is 0.0302. The normalized spacial score (nSPS) is 16.4. The second kappa shape index (κ2) is 10.3. The van der Waals surface area contributed by atoms with Gasteiger partial charge < -0.3 is 15.4 Å². The van der Waals surface area contributed by atoms with E-state index in [0.717, 1.165) is 12.1 Å². The predicted molar refractivity (Wildman–Crippen MR) is 135 cm³/mol. The molecule has 0 aliphatic carbocycles. The average Bonchev–Trinajstić information content (AvgIpc) is 3.27. The summed E-state index contributed by atoms with van der Waals surface area (Å²) in [4.78, 5) is 38.7. The molecule has 2 aromatic heterocycles. The molecule has 8 nitrogen and oxygen atoms in total. The van der Waals surface area contributed by atoms with E-state index in [1.165, 1.54) is 17.4 Å². The molecule has 2 N–H and O–H groups in total. The third-order valence-electron chi connectivity index (χ3n) is 6.93. The van der Waals surface area contributed by atoms with Gasteiger partial charge in [0.2, 0.25) is 0 Å². The first-order chi connectivity index (χ1) is 18.3. The number of aromatic nitrogens is 3. The van der Waals surface area contributed by atoms with Crippen molar-refractivity contribution in [1.82, 2.24) is 19.9 Å². The number of nitrogens with two attached hydrogens (primary N) is 1. The number of carbonyl (C=O) groups excluding carboxylic acids is 2. The van der Waals surface area contributed by atoms with Gasteiger partial charge in [0.05, 0.1) is 22.6 Å². The number of ether oxygens (including phenoxy) is 1. The van der Waals surface area contributed by atoms with Crippen LogP contribution in [0.4, 0.5) is 14.6 Å². The molecule has 5 rings (SSSR count). The SMILES string of the molecule is CCc1ncnc(-c2cc(F)c(C(=O)N3CCC4(CC3)CC(=O)CO4)c(F)c2)c1C#Cc1ccc(N)nc1. The monoisotopic (exact) mass is 517 g/mol. The van der Waals surface area contributed by atoms with Crippen LogP contribution < -0.4 is 5.73 Å². The van der Waals surface area contributed by atoms with Gasteiger partial charge in [0, 0.05) is 36.8 Å². The number of amides is 1. The zero-order valence-corrected chi connectivity index (χ0v) is 20.8. The van der Waals surface area contributed by atoms with Gasteiger partial charge in [-0.15, -0.1) is 0 Å². The molecule has 2 saturated heterocycles. The van der Waals surface area contributed by atoms with Crippen LogP contribution in [0.1, 0.15) is 53.4 Å². The summed E-state index contributed by atoms with van der Waals surface area (Å²) in [5.74, 6) is 3.65. The largest absolute Gasteiger partial charge is 0.384 e. The number of nitrogens with zero attached hydrogens (tertiary/aromatic N) is 4. The second-order valence-electron chi connectivity index (χ2n) is 9.41. The topological polar surface area (TPSA) is 111 Å². The number of halogens is 2. The third kappa shape index (κ3) is 4.97. The summed E-state index contributed by atoms with van der Waals surface area (Å²) in [6.45, 7) is 2.46. The van der Waals surface area contributed by atoms with Crippen LogP contribution in [0.15, 0.2) is 36.8 Å². The maximum Gasteiger partial charge on any atom is 0.259 e. The molecule has 1 amide bonds. The lowest BCUT2D eigenvalue weighted by Crippen LogP contribution is -2.46. The molecule has 2 fully saturated rings. The lowest BCUT2D eigenvalue weighted by Gasteiger charge is -2.38. The molecule has 4 heterocycles. The molecule has 3 aromatic rings. The number of ketones is 1. The summed E-state index contributed by atoms with van der Waals surface area (Å²) in [6.07, 6.45) is 4.56. The van der Waals surface area contributed by atoms with E-state index >= 15 is 8.78 Å². The molecule has 2 aliphatic heterocycles. The highest BCUT2D eigenvalue weighted by atomic mass is 19.1. The van der Waals surface area contributed by atoms with Gasteiger partial charge in [0.1, 0.15) is 35.9 Å². The Balaban J connectivity index is 1.43. The number of pyridine rings is 1. The fraction of sp³-hybridized carbons (Fsp3) is 0.321. The molecule has 0 radical (unpaired) electrons. The first-order valence-electron chi connectivity index (χ1n) is 12.3. The van der Waals surface area contributed by atoms with Crippen LogP contribution in [0.25, 0.3) is 11.3 Å². The third-order valence-corrected chi connectivity index (χ3v) is 6.93. The number of hydrogen-bond acceptors (Lipinski definition) is 7. The number of piperidine rings is 1. The Bertz CT molecular complexity index is 1450. The van der Waals surface area contributed by atoms with E-state index in [1.807, 2.05) is 6.92 Å². The molecule has 10 heteroatoms. The van der Waals surface area contributed by atoms with Crippen molar-refractivity contribution in [2.24, 2.45) is 0 Å². The number of aryl methyl sites for hydroxylation is 1. The van der Waals surface area contributed by atoms with Gasteiger partial charge in [-0.1, -0.05) is 18.8 Å². The molecule has 0 unspecified atom stereocenters. The molecule has 2 aliphatic rings. The Labute approximate surface area is 218 Å². The number of benzene rings is 1. The zero-order valence-electron chi connectivity index (χ0n) is 20.8. The van der Waals surface area contributed by atoms with Crippen LogP contribution in [0.5, 0.6) is 0 Å². The zero-order chi connectivity index (χ0) is 26.9. The molecular formula is C28H25F2N5O3. The van der Waals surface area contributed by atoms with Gasteiger partial charge in [-0.2, -0.15) is 0 Å². The van der Waals surface area contributed by atoms with Crippen molar-refractivity contribution in [1.29, 1.82) is 0 Å². The molecular weight excluding hydrogens is 492 g/mol. The van der Waals surface area contributed by atoms with Gasteiger partial charge in [-0.3, -0.25) is 9.59 Å². The summed E-state index contributed by atoms with van der Waals surface area (Å²) in [6, 6.07) is 5.52. The molecule has 0 bridgehead atoms. The maximum atomic E-state index is 15.3. The van der Waals surface area contributed by atoms with Crippen LogP contribution in [-0.4, -0.2) is 56.8 Å². The van der Waals surface area contributed by atoms with Crippen LogP contribution in [0.3, 0.4) is 0 Å². The van der Waals surface area contributed by atoms with E-state index < -0.39 is 28.7 Å². The van der Waals surface area contributed by atoms with Crippen LogP contribution in [0, 0.1) is 23.5 Å². The van der Waals surface area contributed by atoms with Crippen LogP contribution in [0.2, 0.25) is 0 Å². The second-order valence-corrected chi connectivity index (χ2v) is 9.41. The van der Waals surface area contributed by atoms with Crippen molar-refractivity contribution in [3.8, 4) is 23.1 Å². The number of likely N-dealkylation sites (tertiary alicyclic amines) is 1. The van der Waals surface area contributed by atoms with Crippen molar-refractivity contribution in [2.45, 2.75) is 38.2 Å². The minimum atomic E-state index is -0.990. The first-order valence-corrected chi connectivity index (χ1v) is 12.3. The van der Waals surface area contributed by atoms with E-state index in [0.29, 0.717) is 48.3 Å². The number of rotatable bonds is 3. The van der Waals surface area contributed by atoms with Gasteiger partial charge in [0.25, 0.3) is 5.91 Å². The van der Waals surface area contributed by atoms with E-state index in [-0.39, 0.29) is 36.7 Å². The molecule has 194 valence electrons. The summed E-state index contributed by atoms with van der Waals surface area (Å²) in [7, 11) is 0. The lowest BCUT2D eigenvalue weighted by molar-refractivity contribution is -0.118. The summed E-state index contributed by atoms with van der Waals surface area (Å²) in [5, 5.41) is 0. The quantitative estimate of drug-likeness (QED) is 0.531. The van der Waals surface area contributed by atoms with Crippen molar-refractivity contribution < 1.29 is 23.1 Å². The highest BCUT2D eigenvalue weighted by Crippen LogP contribution is 2.35. The predicted octanol–water partition coefficient (Wildman–Crippen LogP) is 3.33. The van der Waals surface area contributed by atoms with Gasteiger partial charge in [-0.05, 0) is 43.5 Å². The Morgan fingerprint density at radius 2 is 1.87 bits per heavy atom. The van der Waals surface area contributed by atoms with Gasteiger partial charge >= 0.3 is 0 Å². The molecule has 1 spiro atoms. The Kier molecular flexibility index (Phi) is 6.87. The molecule has 38 heavy (non-hydrogen) atoms. The number of nitrogen functional groups attached to an aromatic ring is 1. The minimum Gasteiger partial charge on any atom is -0.384 e. The highest BCUT2D eigenvalue weighted by molar-refractivity contribution is 5.95. The van der Waals surface area contributed by atoms with Crippen LogP contribution >= 0.6 is 0 Å². The summed E-state index contributed by atoms with van der Waals surface area (Å²) < 4.78 is 36.2. The lowest BCUT2D eigenvalue weighted by atomic mass is 9.88. The fourth-order valence-corrected chi connectivity index (χ4v) is 4.86. The Hall–Kier alpha value is -4.23. The van der Waals surface area contributed by atoms with Gasteiger partial charge in [0.15, 0.2) is 5.78 Å². The van der Waals surface area contributed by atoms with Crippen molar-refractivity contribution in [2.75, 3.05) is 25.4 Å². The van der Waals surface area contributed by atoms with E-state index in [4.69, 9.17) is 10.5 Å². The van der Waals surface area contributed by atoms with Crippen molar-refractivity contribution in [3.63, 3.8) is 0 Å². The Morgan fingerprint density at radius 3 is 2.47 bits per heavy atom. The standard InChI is InChI=1S/C28H25F2N5O3/c1-2-23-20(5-3-17-4-6-24(31)32-14-17)26(34-16-33-23)18-11-21(29)25(22(30)12-18)27(37)35-9-7-28(8-10-35)13-19(36)15-38-28/h4,6,11-12,14,16H,2,7-10,13,15H2,1H3,(H2,31,32). The first kappa shape index (κ1) is 25.4. The van der Waals surface area contributed by atoms with Crippen LogP contribution in [-0.2, 0) is 16.0 Å². The summed E-state index contributed by atoms with van der Waals surface area (Å²) in [5.41, 5.74) is 6.47.